The summed E-state index contributed by atoms with van der Waals surface area (Å²) in [5, 5.41) is 0. The molecule has 0 saturated carbocycles. The van der Waals surface area contributed by atoms with E-state index in [9.17, 15) is 0 Å². The molecule has 0 spiro atoms. The largest absolute Gasteiger partial charge is 0.324 e. The Balaban J connectivity index is 3.02. The van der Waals surface area contributed by atoms with Gasteiger partial charge in [0.25, 0.3) is 0 Å². The first kappa shape index (κ1) is 9.42. The molecule has 0 aliphatic heterocycles. The highest BCUT2D eigenvalue weighted by molar-refractivity contribution is 7.98. The molecular formula is C9H14N2S. The number of hydrazine groups is 1. The molecule has 2 nitrogen and oxygen atoms in total. The van der Waals surface area contributed by atoms with Gasteiger partial charge in [0.2, 0.25) is 0 Å². The maximum absolute atomic E-state index is 5.31. The number of anilines is 1. The molecule has 0 heterocycles. The van der Waals surface area contributed by atoms with Gasteiger partial charge in [-0.15, -0.1) is 11.8 Å². The van der Waals surface area contributed by atoms with Crippen molar-refractivity contribution in [3.05, 3.63) is 23.8 Å². The van der Waals surface area contributed by atoms with Crippen LogP contribution in [0, 0.1) is 0 Å². The van der Waals surface area contributed by atoms with Crippen molar-refractivity contribution in [2.45, 2.75) is 18.2 Å². The van der Waals surface area contributed by atoms with Gasteiger partial charge in [0.1, 0.15) is 0 Å². The summed E-state index contributed by atoms with van der Waals surface area (Å²) in [6, 6.07) is 6.18. The molecule has 0 bridgehead atoms. The number of hydrogen-bond acceptors (Lipinski definition) is 3. The maximum Gasteiger partial charge on any atom is 0.0496 e. The van der Waals surface area contributed by atoms with Gasteiger partial charge in [-0.1, -0.05) is 13.0 Å². The first-order valence-electron chi connectivity index (χ1n) is 3.95. The van der Waals surface area contributed by atoms with E-state index in [1.807, 2.05) is 6.07 Å². The number of thioether (sulfide) groups is 1. The van der Waals surface area contributed by atoms with Crippen molar-refractivity contribution in [2.75, 3.05) is 11.7 Å². The fraction of sp³-hybridized carbons (Fsp3) is 0.333. The van der Waals surface area contributed by atoms with Crippen LogP contribution in [0.5, 0.6) is 0 Å². The third-order valence-electron chi connectivity index (χ3n) is 1.83. The molecule has 1 rings (SSSR count). The zero-order valence-electron chi connectivity index (χ0n) is 7.42. The van der Waals surface area contributed by atoms with Gasteiger partial charge in [0.15, 0.2) is 0 Å². The second kappa shape index (κ2) is 4.38. The molecule has 0 unspecified atom stereocenters. The zero-order chi connectivity index (χ0) is 8.97. The van der Waals surface area contributed by atoms with Gasteiger partial charge in [0.05, 0.1) is 0 Å². The van der Waals surface area contributed by atoms with Crippen LogP contribution < -0.4 is 11.3 Å². The molecule has 0 fully saturated rings. The first-order chi connectivity index (χ1) is 5.81. The van der Waals surface area contributed by atoms with E-state index in [0.29, 0.717) is 0 Å². The highest BCUT2D eigenvalue weighted by Crippen LogP contribution is 2.24. The minimum absolute atomic E-state index is 0.969. The second-order valence-electron chi connectivity index (χ2n) is 2.52. The number of nitrogen functional groups attached to an aromatic ring is 1. The highest BCUT2D eigenvalue weighted by Gasteiger charge is 1.99. The molecule has 0 aromatic heterocycles. The van der Waals surface area contributed by atoms with Crippen molar-refractivity contribution in [3.8, 4) is 0 Å². The topological polar surface area (TPSA) is 38.0 Å². The Morgan fingerprint density at radius 1 is 1.50 bits per heavy atom. The zero-order valence-corrected chi connectivity index (χ0v) is 8.24. The first-order valence-corrected chi connectivity index (χ1v) is 5.17. The van der Waals surface area contributed by atoms with E-state index in [1.165, 1.54) is 10.5 Å². The molecule has 0 atom stereocenters. The van der Waals surface area contributed by atoms with Gasteiger partial charge in [-0.05, 0) is 30.4 Å². The average Bonchev–Trinajstić information content (AvgIpc) is 2.16. The van der Waals surface area contributed by atoms with E-state index in [0.717, 1.165) is 12.1 Å². The Kier molecular flexibility index (Phi) is 3.44. The Hall–Kier alpha value is -0.670. The number of aryl methyl sites for hydroxylation is 1. The fourth-order valence-electron chi connectivity index (χ4n) is 1.13. The molecule has 1 aromatic carbocycles. The van der Waals surface area contributed by atoms with E-state index in [-0.39, 0.29) is 0 Å². The lowest BCUT2D eigenvalue weighted by Crippen LogP contribution is -2.06. The Morgan fingerprint density at radius 2 is 2.25 bits per heavy atom. The molecule has 0 aliphatic carbocycles. The molecule has 0 amide bonds. The molecule has 3 heteroatoms. The summed E-state index contributed by atoms with van der Waals surface area (Å²) in [5.74, 6) is 5.31. The lowest BCUT2D eigenvalue weighted by atomic mass is 10.1. The summed E-state index contributed by atoms with van der Waals surface area (Å²) in [5.41, 5.74) is 4.99. The predicted octanol–water partition coefficient (Wildman–Crippen LogP) is 2.26. The van der Waals surface area contributed by atoms with Crippen LogP contribution in [0.2, 0.25) is 0 Å². The van der Waals surface area contributed by atoms with E-state index in [4.69, 9.17) is 5.84 Å². The number of rotatable bonds is 3. The molecular weight excluding hydrogens is 168 g/mol. The van der Waals surface area contributed by atoms with Crippen molar-refractivity contribution < 1.29 is 0 Å². The maximum atomic E-state index is 5.31. The summed E-state index contributed by atoms with van der Waals surface area (Å²) in [4.78, 5) is 1.30. The predicted molar refractivity (Wildman–Crippen MR) is 55.4 cm³/mol. The average molecular weight is 182 g/mol. The molecule has 0 radical (unpaired) electrons. The molecule has 1 aromatic rings. The minimum atomic E-state index is 0.969. The molecule has 12 heavy (non-hydrogen) atoms. The van der Waals surface area contributed by atoms with Crippen molar-refractivity contribution in [1.82, 2.24) is 0 Å². The van der Waals surface area contributed by atoms with E-state index in [1.54, 1.807) is 11.8 Å². The summed E-state index contributed by atoms with van der Waals surface area (Å²) < 4.78 is 0. The van der Waals surface area contributed by atoms with Crippen molar-refractivity contribution in [3.63, 3.8) is 0 Å². The summed E-state index contributed by atoms with van der Waals surface area (Å²) >= 11 is 1.75. The van der Waals surface area contributed by atoms with Crippen LogP contribution in [0.1, 0.15) is 12.5 Å². The van der Waals surface area contributed by atoms with Gasteiger partial charge in [-0.3, -0.25) is 5.84 Å². The molecule has 0 saturated heterocycles. The van der Waals surface area contributed by atoms with Gasteiger partial charge in [0, 0.05) is 10.6 Å². The van der Waals surface area contributed by atoms with Crippen LogP contribution in [-0.2, 0) is 6.42 Å². The Morgan fingerprint density at radius 3 is 2.75 bits per heavy atom. The van der Waals surface area contributed by atoms with Crippen molar-refractivity contribution in [2.24, 2.45) is 5.84 Å². The number of hydrogen-bond donors (Lipinski definition) is 2. The van der Waals surface area contributed by atoms with E-state index >= 15 is 0 Å². The lowest BCUT2D eigenvalue weighted by Gasteiger charge is -2.07. The lowest BCUT2D eigenvalue weighted by molar-refractivity contribution is 1.08. The van der Waals surface area contributed by atoms with Crippen LogP contribution in [0.3, 0.4) is 0 Å². The number of nitrogens with one attached hydrogen (secondary N) is 1. The summed E-state index contributed by atoms with van der Waals surface area (Å²) in [6.45, 7) is 2.16. The third kappa shape index (κ3) is 1.93. The Bertz CT molecular complexity index is 261. The Labute approximate surface area is 77.5 Å². The number of benzene rings is 1. The van der Waals surface area contributed by atoms with Crippen LogP contribution in [0.4, 0.5) is 5.69 Å². The normalized spacial score (nSPS) is 9.92. The van der Waals surface area contributed by atoms with Crippen molar-refractivity contribution >= 4 is 17.4 Å². The van der Waals surface area contributed by atoms with Gasteiger partial charge in [-0.2, -0.15) is 0 Å². The summed E-state index contributed by atoms with van der Waals surface area (Å²) in [7, 11) is 0. The van der Waals surface area contributed by atoms with Crippen LogP contribution in [-0.4, -0.2) is 6.26 Å². The summed E-state index contributed by atoms with van der Waals surface area (Å²) in [6.07, 6.45) is 3.15. The second-order valence-corrected chi connectivity index (χ2v) is 3.37. The standard InChI is InChI=1S/C9H14N2S/c1-3-7-4-5-8(11-10)6-9(7)12-2/h4-6,11H,3,10H2,1-2H3. The van der Waals surface area contributed by atoms with Crippen molar-refractivity contribution in [1.29, 1.82) is 0 Å². The SMILES string of the molecule is CCc1ccc(NN)cc1SC. The quantitative estimate of drug-likeness (QED) is 0.428. The monoisotopic (exact) mass is 182 g/mol. The van der Waals surface area contributed by atoms with Gasteiger partial charge >= 0.3 is 0 Å². The van der Waals surface area contributed by atoms with Crippen LogP contribution in [0.15, 0.2) is 23.1 Å². The van der Waals surface area contributed by atoms with Gasteiger partial charge < -0.3 is 5.43 Å². The third-order valence-corrected chi connectivity index (χ3v) is 2.65. The molecule has 0 aliphatic rings. The number of nitrogens with two attached hydrogens (primary N) is 1. The smallest absolute Gasteiger partial charge is 0.0496 e. The molecule has 3 N–H and O–H groups in total. The minimum Gasteiger partial charge on any atom is -0.324 e. The molecule has 66 valence electrons. The van der Waals surface area contributed by atoms with Gasteiger partial charge in [-0.25, -0.2) is 0 Å². The van der Waals surface area contributed by atoms with E-state index in [2.05, 4.69) is 30.7 Å². The highest BCUT2D eigenvalue weighted by atomic mass is 32.2. The van der Waals surface area contributed by atoms with Crippen LogP contribution in [0.25, 0.3) is 0 Å². The van der Waals surface area contributed by atoms with Crippen LogP contribution >= 0.6 is 11.8 Å². The van der Waals surface area contributed by atoms with E-state index < -0.39 is 0 Å². The fourth-order valence-corrected chi connectivity index (χ4v) is 1.85.